The topological polar surface area (TPSA) is 61.5 Å². The minimum absolute atomic E-state index is 0.307. The summed E-state index contributed by atoms with van der Waals surface area (Å²) in [4.78, 5) is 10.8. The molecule has 1 atom stereocenters. The Hall–Kier alpha value is -2.54. The number of halogens is 3. The molecule has 0 spiro atoms. The molecule has 0 saturated heterocycles. The van der Waals surface area contributed by atoms with E-state index < -0.39 is 18.4 Å². The Balaban J connectivity index is 2.10. The standard InChI is InChI=1S/C16H14F3NO3/c1-10(21)22-13-6-2-11(3-7-13)15(20)12-4-8-14(9-5-12)23-16(17,18)19/h2-9,15H,20H2,1H3/t15-/m1/s1. The SMILES string of the molecule is CC(=O)Oc1ccc([C@@H](N)c2ccc(OC(F)(F)F)cc2)cc1. The number of alkyl halides is 3. The molecule has 0 bridgehead atoms. The number of carbonyl (C=O) groups excluding carboxylic acids is 1. The number of hydrogen-bond acceptors (Lipinski definition) is 4. The van der Waals surface area contributed by atoms with Crippen LogP contribution in [0.3, 0.4) is 0 Å². The van der Waals surface area contributed by atoms with E-state index in [0.29, 0.717) is 11.3 Å². The van der Waals surface area contributed by atoms with Gasteiger partial charge in [0.15, 0.2) is 0 Å². The number of carbonyl (C=O) groups is 1. The minimum atomic E-state index is -4.73. The van der Waals surface area contributed by atoms with Crippen molar-refractivity contribution >= 4 is 5.97 Å². The summed E-state index contributed by atoms with van der Waals surface area (Å²) in [5.41, 5.74) is 7.43. The molecule has 7 heteroatoms. The summed E-state index contributed by atoms with van der Waals surface area (Å²) < 4.78 is 45.1. The molecule has 0 unspecified atom stereocenters. The zero-order valence-electron chi connectivity index (χ0n) is 12.1. The van der Waals surface area contributed by atoms with E-state index in [0.717, 1.165) is 5.56 Å². The van der Waals surface area contributed by atoms with E-state index in [1.54, 1.807) is 24.3 Å². The van der Waals surface area contributed by atoms with Crippen LogP contribution in [0.5, 0.6) is 11.5 Å². The van der Waals surface area contributed by atoms with E-state index in [4.69, 9.17) is 10.5 Å². The van der Waals surface area contributed by atoms with Gasteiger partial charge in [-0.25, -0.2) is 0 Å². The zero-order valence-corrected chi connectivity index (χ0v) is 12.1. The molecular weight excluding hydrogens is 311 g/mol. The summed E-state index contributed by atoms with van der Waals surface area (Å²) >= 11 is 0. The number of esters is 1. The normalized spacial score (nSPS) is 12.6. The van der Waals surface area contributed by atoms with Crippen LogP contribution in [0.2, 0.25) is 0 Å². The molecule has 4 nitrogen and oxygen atoms in total. The van der Waals surface area contributed by atoms with Gasteiger partial charge in [-0.15, -0.1) is 13.2 Å². The highest BCUT2D eigenvalue weighted by atomic mass is 19.4. The summed E-state index contributed by atoms with van der Waals surface area (Å²) in [5, 5.41) is 0. The first-order valence-corrected chi connectivity index (χ1v) is 6.64. The Bertz CT molecular complexity index is 666. The van der Waals surface area contributed by atoms with Crippen molar-refractivity contribution in [1.29, 1.82) is 0 Å². The Morgan fingerprint density at radius 1 is 0.957 bits per heavy atom. The maximum atomic E-state index is 12.1. The number of hydrogen-bond donors (Lipinski definition) is 1. The maximum absolute atomic E-state index is 12.1. The van der Waals surface area contributed by atoms with Gasteiger partial charge in [0.1, 0.15) is 11.5 Å². The van der Waals surface area contributed by atoms with E-state index in [2.05, 4.69) is 4.74 Å². The molecule has 0 radical (unpaired) electrons. The Labute approximate surface area is 130 Å². The second-order valence-electron chi connectivity index (χ2n) is 4.76. The van der Waals surface area contributed by atoms with E-state index in [9.17, 15) is 18.0 Å². The molecule has 0 amide bonds. The van der Waals surface area contributed by atoms with Crippen molar-refractivity contribution in [2.45, 2.75) is 19.3 Å². The molecule has 0 aliphatic rings. The van der Waals surface area contributed by atoms with E-state index in [1.165, 1.54) is 31.2 Å². The quantitative estimate of drug-likeness (QED) is 0.690. The average Bonchev–Trinajstić information content (AvgIpc) is 2.46. The Morgan fingerprint density at radius 3 is 1.78 bits per heavy atom. The van der Waals surface area contributed by atoms with Crippen LogP contribution in [0.1, 0.15) is 24.1 Å². The van der Waals surface area contributed by atoms with Gasteiger partial charge >= 0.3 is 12.3 Å². The number of nitrogens with two attached hydrogens (primary N) is 1. The van der Waals surface area contributed by atoms with Crippen molar-refractivity contribution in [2.24, 2.45) is 5.73 Å². The smallest absolute Gasteiger partial charge is 0.427 e. The summed E-state index contributed by atoms with van der Waals surface area (Å²) in [7, 11) is 0. The van der Waals surface area contributed by atoms with Crippen molar-refractivity contribution in [3.05, 3.63) is 59.7 Å². The highest BCUT2D eigenvalue weighted by Gasteiger charge is 2.31. The summed E-state index contributed by atoms with van der Waals surface area (Å²) in [5.74, 6) is -0.344. The Kier molecular flexibility index (Phi) is 4.90. The van der Waals surface area contributed by atoms with Crippen LogP contribution < -0.4 is 15.2 Å². The molecule has 0 aromatic heterocycles. The molecular formula is C16H14F3NO3. The van der Waals surface area contributed by atoms with Crippen LogP contribution in [0.4, 0.5) is 13.2 Å². The molecule has 2 aromatic rings. The summed E-state index contributed by atoms with van der Waals surface area (Å²) in [6.45, 7) is 1.30. The molecule has 122 valence electrons. The van der Waals surface area contributed by atoms with Gasteiger partial charge in [-0.2, -0.15) is 0 Å². The fourth-order valence-corrected chi connectivity index (χ4v) is 1.98. The second kappa shape index (κ2) is 6.70. The molecule has 0 aliphatic carbocycles. The lowest BCUT2D eigenvalue weighted by molar-refractivity contribution is -0.274. The number of rotatable bonds is 4. The zero-order chi connectivity index (χ0) is 17.0. The molecule has 2 rings (SSSR count). The van der Waals surface area contributed by atoms with Crippen molar-refractivity contribution < 1.29 is 27.4 Å². The van der Waals surface area contributed by atoms with Gasteiger partial charge in [-0.1, -0.05) is 24.3 Å². The van der Waals surface area contributed by atoms with Crippen molar-refractivity contribution in [3.63, 3.8) is 0 Å². The van der Waals surface area contributed by atoms with Gasteiger partial charge < -0.3 is 15.2 Å². The van der Waals surface area contributed by atoms with Gasteiger partial charge in [0.2, 0.25) is 0 Å². The predicted octanol–water partition coefficient (Wildman–Crippen LogP) is 3.56. The average molecular weight is 325 g/mol. The first-order chi connectivity index (χ1) is 10.7. The van der Waals surface area contributed by atoms with Gasteiger partial charge in [0, 0.05) is 6.92 Å². The van der Waals surface area contributed by atoms with Gasteiger partial charge in [0.05, 0.1) is 6.04 Å². The van der Waals surface area contributed by atoms with E-state index in [-0.39, 0.29) is 5.75 Å². The lowest BCUT2D eigenvalue weighted by atomic mass is 9.99. The third-order valence-electron chi connectivity index (χ3n) is 2.97. The third-order valence-corrected chi connectivity index (χ3v) is 2.97. The summed E-state index contributed by atoms with van der Waals surface area (Å²) in [6.07, 6.45) is -4.73. The molecule has 2 aromatic carbocycles. The fourth-order valence-electron chi connectivity index (χ4n) is 1.98. The number of benzene rings is 2. The third kappa shape index (κ3) is 5.00. The van der Waals surface area contributed by atoms with Gasteiger partial charge in [-0.3, -0.25) is 4.79 Å². The molecule has 2 N–H and O–H groups in total. The molecule has 0 saturated carbocycles. The molecule has 0 heterocycles. The van der Waals surface area contributed by atoms with Crippen molar-refractivity contribution in [3.8, 4) is 11.5 Å². The van der Waals surface area contributed by atoms with Crippen LogP contribution in [0.25, 0.3) is 0 Å². The number of ether oxygens (including phenoxy) is 2. The first kappa shape index (κ1) is 16.8. The predicted molar refractivity (Wildman–Crippen MR) is 76.9 cm³/mol. The lowest BCUT2D eigenvalue weighted by Gasteiger charge is -2.14. The molecule has 0 aliphatic heterocycles. The van der Waals surface area contributed by atoms with Crippen LogP contribution in [0, 0.1) is 0 Å². The van der Waals surface area contributed by atoms with Crippen LogP contribution >= 0.6 is 0 Å². The van der Waals surface area contributed by atoms with Crippen molar-refractivity contribution in [2.75, 3.05) is 0 Å². The minimum Gasteiger partial charge on any atom is -0.427 e. The Morgan fingerprint density at radius 2 is 1.39 bits per heavy atom. The van der Waals surface area contributed by atoms with E-state index >= 15 is 0 Å². The fraction of sp³-hybridized carbons (Fsp3) is 0.188. The second-order valence-corrected chi connectivity index (χ2v) is 4.76. The van der Waals surface area contributed by atoms with Gasteiger partial charge in [0.25, 0.3) is 0 Å². The molecule has 23 heavy (non-hydrogen) atoms. The largest absolute Gasteiger partial charge is 0.573 e. The highest BCUT2D eigenvalue weighted by Crippen LogP contribution is 2.26. The highest BCUT2D eigenvalue weighted by molar-refractivity contribution is 5.69. The summed E-state index contributed by atoms with van der Waals surface area (Å²) in [6, 6.07) is 11.4. The van der Waals surface area contributed by atoms with Crippen LogP contribution in [-0.4, -0.2) is 12.3 Å². The van der Waals surface area contributed by atoms with Crippen LogP contribution in [0.15, 0.2) is 48.5 Å². The van der Waals surface area contributed by atoms with Gasteiger partial charge in [-0.05, 0) is 35.4 Å². The van der Waals surface area contributed by atoms with E-state index in [1.807, 2.05) is 0 Å². The van der Waals surface area contributed by atoms with Crippen LogP contribution in [-0.2, 0) is 4.79 Å². The monoisotopic (exact) mass is 325 g/mol. The first-order valence-electron chi connectivity index (χ1n) is 6.64. The van der Waals surface area contributed by atoms with Crippen molar-refractivity contribution in [1.82, 2.24) is 0 Å². The maximum Gasteiger partial charge on any atom is 0.573 e. The molecule has 0 fully saturated rings. The lowest BCUT2D eigenvalue weighted by Crippen LogP contribution is -2.17.